The zero-order valence-corrected chi connectivity index (χ0v) is 13.5. The fourth-order valence-electron chi connectivity index (χ4n) is 3.08. The van der Waals surface area contributed by atoms with Crippen molar-refractivity contribution in [3.8, 4) is 11.8 Å². The van der Waals surface area contributed by atoms with Gasteiger partial charge in [-0.05, 0) is 24.3 Å². The number of nitriles is 1. The molecule has 1 aromatic heterocycles. The van der Waals surface area contributed by atoms with E-state index >= 15 is 0 Å². The van der Waals surface area contributed by atoms with Crippen LogP contribution >= 0.6 is 0 Å². The highest BCUT2D eigenvalue weighted by Crippen LogP contribution is 2.29. The van der Waals surface area contributed by atoms with Crippen molar-refractivity contribution >= 4 is 0 Å². The molecule has 1 saturated heterocycles. The van der Waals surface area contributed by atoms with Crippen LogP contribution < -0.4 is 4.74 Å². The zero-order valence-electron chi connectivity index (χ0n) is 13.5. The molecule has 2 aromatic rings. The van der Waals surface area contributed by atoms with Crippen molar-refractivity contribution in [2.75, 3.05) is 26.9 Å². The molecule has 23 heavy (non-hydrogen) atoms. The van der Waals surface area contributed by atoms with Crippen molar-refractivity contribution in [3.63, 3.8) is 0 Å². The third-order valence-electron chi connectivity index (χ3n) is 4.35. The third-order valence-corrected chi connectivity index (χ3v) is 4.35. The van der Waals surface area contributed by atoms with Crippen LogP contribution in [0, 0.1) is 11.3 Å². The van der Waals surface area contributed by atoms with E-state index in [0.717, 1.165) is 31.0 Å². The SMILES string of the molecule is COc1cc(C#N)ccc1CN1CCOC[C@@H]1c1cccn1C. The maximum atomic E-state index is 9.03. The summed E-state index contributed by atoms with van der Waals surface area (Å²) in [5.41, 5.74) is 2.96. The summed E-state index contributed by atoms with van der Waals surface area (Å²) in [4.78, 5) is 2.41. The Hall–Kier alpha value is -2.29. The number of hydrogen-bond acceptors (Lipinski definition) is 4. The minimum Gasteiger partial charge on any atom is -0.496 e. The number of ether oxygens (including phenoxy) is 2. The lowest BCUT2D eigenvalue weighted by Gasteiger charge is -2.36. The van der Waals surface area contributed by atoms with Crippen molar-refractivity contribution < 1.29 is 9.47 Å². The van der Waals surface area contributed by atoms with E-state index < -0.39 is 0 Å². The Bertz CT molecular complexity index is 717. The Balaban J connectivity index is 1.85. The van der Waals surface area contributed by atoms with Crippen molar-refractivity contribution in [2.45, 2.75) is 12.6 Å². The number of methoxy groups -OCH3 is 1. The van der Waals surface area contributed by atoms with Gasteiger partial charge in [0.1, 0.15) is 5.75 Å². The standard InChI is InChI=1S/C18H21N3O2/c1-20-7-3-4-16(20)17-13-23-9-8-21(17)12-15-6-5-14(11-19)10-18(15)22-2/h3-7,10,17H,8-9,12-13H2,1-2H3/t17-/m1/s1. The lowest BCUT2D eigenvalue weighted by Crippen LogP contribution is -2.39. The zero-order chi connectivity index (χ0) is 16.2. The van der Waals surface area contributed by atoms with Gasteiger partial charge < -0.3 is 14.0 Å². The van der Waals surface area contributed by atoms with Crippen LogP contribution in [0.4, 0.5) is 0 Å². The summed E-state index contributed by atoms with van der Waals surface area (Å²) in [5, 5.41) is 9.03. The van der Waals surface area contributed by atoms with Crippen molar-refractivity contribution in [1.29, 1.82) is 5.26 Å². The molecule has 0 saturated carbocycles. The summed E-state index contributed by atoms with van der Waals surface area (Å²) < 4.78 is 13.3. The largest absolute Gasteiger partial charge is 0.496 e. The Morgan fingerprint density at radius 2 is 2.26 bits per heavy atom. The summed E-state index contributed by atoms with van der Waals surface area (Å²) in [6.45, 7) is 3.07. The van der Waals surface area contributed by atoms with E-state index in [4.69, 9.17) is 14.7 Å². The summed E-state index contributed by atoms with van der Waals surface area (Å²) in [6.07, 6.45) is 2.06. The van der Waals surface area contributed by atoms with E-state index in [0.29, 0.717) is 12.2 Å². The molecule has 0 N–H and O–H groups in total. The van der Waals surface area contributed by atoms with Gasteiger partial charge >= 0.3 is 0 Å². The van der Waals surface area contributed by atoms with Gasteiger partial charge in [0.2, 0.25) is 0 Å². The van der Waals surface area contributed by atoms with Crippen LogP contribution in [-0.2, 0) is 18.3 Å². The Morgan fingerprint density at radius 1 is 1.39 bits per heavy atom. The number of rotatable bonds is 4. The van der Waals surface area contributed by atoms with E-state index in [1.807, 2.05) is 12.1 Å². The molecule has 1 fully saturated rings. The fraction of sp³-hybridized carbons (Fsp3) is 0.389. The highest BCUT2D eigenvalue weighted by Gasteiger charge is 2.27. The monoisotopic (exact) mass is 311 g/mol. The molecule has 1 atom stereocenters. The van der Waals surface area contributed by atoms with Crippen molar-refractivity contribution in [2.24, 2.45) is 7.05 Å². The quantitative estimate of drug-likeness (QED) is 0.870. The fourth-order valence-corrected chi connectivity index (χ4v) is 3.08. The van der Waals surface area contributed by atoms with E-state index in [1.54, 1.807) is 13.2 Å². The van der Waals surface area contributed by atoms with Gasteiger partial charge in [-0.15, -0.1) is 0 Å². The maximum absolute atomic E-state index is 9.03. The van der Waals surface area contributed by atoms with E-state index in [9.17, 15) is 0 Å². The minimum atomic E-state index is 0.226. The van der Waals surface area contributed by atoms with Gasteiger partial charge in [0.05, 0.1) is 38.0 Å². The third kappa shape index (κ3) is 3.24. The maximum Gasteiger partial charge on any atom is 0.124 e. The first-order chi connectivity index (χ1) is 11.2. The summed E-state index contributed by atoms with van der Waals surface area (Å²) in [6, 6.07) is 12.2. The van der Waals surface area contributed by atoms with Crippen molar-refractivity contribution in [1.82, 2.24) is 9.47 Å². The smallest absolute Gasteiger partial charge is 0.124 e. The van der Waals surface area contributed by atoms with E-state index in [1.165, 1.54) is 5.69 Å². The van der Waals surface area contributed by atoms with Crippen LogP contribution in [-0.4, -0.2) is 36.3 Å². The summed E-state index contributed by atoms with van der Waals surface area (Å²) in [5.74, 6) is 0.765. The average Bonchev–Trinajstić information content (AvgIpc) is 3.01. The van der Waals surface area contributed by atoms with Gasteiger partial charge in [0.25, 0.3) is 0 Å². The molecule has 0 amide bonds. The van der Waals surface area contributed by atoms with Gasteiger partial charge in [-0.3, -0.25) is 4.90 Å². The molecule has 5 heteroatoms. The number of nitrogens with zero attached hydrogens (tertiary/aromatic N) is 3. The Labute approximate surface area is 136 Å². The first-order valence-electron chi connectivity index (χ1n) is 7.73. The van der Waals surface area contributed by atoms with Gasteiger partial charge in [-0.2, -0.15) is 5.26 Å². The van der Waals surface area contributed by atoms with Crippen LogP contribution in [0.15, 0.2) is 36.5 Å². The minimum absolute atomic E-state index is 0.226. The number of aromatic nitrogens is 1. The number of hydrogen-bond donors (Lipinski definition) is 0. The molecule has 0 radical (unpaired) electrons. The second-order valence-electron chi connectivity index (χ2n) is 5.74. The molecule has 1 aromatic carbocycles. The molecule has 0 aliphatic carbocycles. The summed E-state index contributed by atoms with van der Waals surface area (Å²) >= 11 is 0. The normalized spacial score (nSPS) is 18.6. The molecule has 0 unspecified atom stereocenters. The van der Waals surface area contributed by atoms with E-state index in [-0.39, 0.29) is 6.04 Å². The highest BCUT2D eigenvalue weighted by atomic mass is 16.5. The second kappa shape index (κ2) is 6.86. The second-order valence-corrected chi connectivity index (χ2v) is 5.74. The molecule has 1 aliphatic heterocycles. The molecule has 2 heterocycles. The molecule has 0 bridgehead atoms. The molecular formula is C18H21N3O2. The topological polar surface area (TPSA) is 50.4 Å². The average molecular weight is 311 g/mol. The predicted octanol–water partition coefficient (Wildman–Crippen LogP) is 2.48. The van der Waals surface area contributed by atoms with Crippen LogP contribution in [0.1, 0.15) is 22.9 Å². The van der Waals surface area contributed by atoms with E-state index in [2.05, 4.69) is 40.9 Å². The molecule has 0 spiro atoms. The molecule has 3 rings (SSSR count). The Morgan fingerprint density at radius 3 is 2.96 bits per heavy atom. The Kier molecular flexibility index (Phi) is 4.65. The van der Waals surface area contributed by atoms with Gasteiger partial charge in [0.15, 0.2) is 0 Å². The lowest BCUT2D eigenvalue weighted by atomic mass is 10.1. The van der Waals surface area contributed by atoms with Crippen LogP contribution in [0.5, 0.6) is 5.75 Å². The first-order valence-corrected chi connectivity index (χ1v) is 7.73. The predicted molar refractivity (Wildman–Crippen MR) is 87.1 cm³/mol. The highest BCUT2D eigenvalue weighted by molar-refractivity contribution is 5.42. The number of morpholine rings is 1. The molecule has 5 nitrogen and oxygen atoms in total. The molecule has 1 aliphatic rings. The first kappa shape index (κ1) is 15.6. The summed E-state index contributed by atoms with van der Waals surface area (Å²) in [7, 11) is 3.71. The lowest BCUT2D eigenvalue weighted by molar-refractivity contribution is -0.0154. The van der Waals surface area contributed by atoms with Crippen LogP contribution in [0.3, 0.4) is 0 Å². The van der Waals surface area contributed by atoms with Crippen LogP contribution in [0.2, 0.25) is 0 Å². The molecule has 120 valence electrons. The van der Waals surface area contributed by atoms with Crippen LogP contribution in [0.25, 0.3) is 0 Å². The van der Waals surface area contributed by atoms with Gasteiger partial charge in [-0.1, -0.05) is 6.07 Å². The number of aryl methyl sites for hydroxylation is 1. The van der Waals surface area contributed by atoms with Gasteiger partial charge in [0, 0.05) is 37.6 Å². The molecular weight excluding hydrogens is 290 g/mol. The van der Waals surface area contributed by atoms with Gasteiger partial charge in [-0.25, -0.2) is 0 Å². The van der Waals surface area contributed by atoms with Crippen molar-refractivity contribution in [3.05, 3.63) is 53.3 Å². The number of benzene rings is 1.